The molecule has 18 heavy (non-hydrogen) atoms. The van der Waals surface area contributed by atoms with Gasteiger partial charge in [0.05, 0.1) is 17.1 Å². The van der Waals surface area contributed by atoms with Crippen LogP contribution in [0.15, 0.2) is 24.3 Å². The summed E-state index contributed by atoms with van der Waals surface area (Å²) >= 11 is 5.64. The molecule has 1 aliphatic heterocycles. The number of hydrogen-bond donors (Lipinski definition) is 1. The van der Waals surface area contributed by atoms with Crippen LogP contribution in [-0.2, 0) is 4.79 Å². The van der Waals surface area contributed by atoms with Crippen molar-refractivity contribution in [2.75, 3.05) is 12.4 Å². The van der Waals surface area contributed by atoms with Crippen LogP contribution in [0, 0.1) is 0 Å². The van der Waals surface area contributed by atoms with E-state index in [1.54, 1.807) is 0 Å². The third-order valence-electron chi connectivity index (χ3n) is 3.41. The Labute approximate surface area is 110 Å². The lowest BCUT2D eigenvalue weighted by Crippen LogP contribution is -2.31. The Kier molecular flexibility index (Phi) is 2.96. The number of rotatable bonds is 2. The largest absolute Gasteiger partial charge is 0.340 e. The maximum atomic E-state index is 11.8. The maximum absolute atomic E-state index is 11.8. The zero-order valence-corrected chi connectivity index (χ0v) is 10.7. The number of alkyl halides is 1. The van der Waals surface area contributed by atoms with E-state index < -0.39 is 0 Å². The molecule has 4 nitrogen and oxygen atoms in total. The number of likely N-dealkylation sites (tertiary alicyclic amines) is 1. The highest BCUT2D eigenvalue weighted by Gasteiger charge is 2.31. The molecule has 3 rings (SSSR count). The Hall–Kier alpha value is -1.55. The molecule has 0 spiro atoms. The predicted octanol–water partition coefficient (Wildman–Crippen LogP) is 2.47. The Morgan fingerprint density at radius 1 is 1.50 bits per heavy atom. The van der Waals surface area contributed by atoms with Gasteiger partial charge in [0.25, 0.3) is 0 Å². The molecule has 1 atom stereocenters. The van der Waals surface area contributed by atoms with E-state index in [-0.39, 0.29) is 17.8 Å². The summed E-state index contributed by atoms with van der Waals surface area (Å²) < 4.78 is 0. The number of imidazole rings is 1. The normalized spacial score (nSPS) is 19.6. The predicted molar refractivity (Wildman–Crippen MR) is 70.5 cm³/mol. The van der Waals surface area contributed by atoms with Crippen LogP contribution in [0.3, 0.4) is 0 Å². The molecule has 1 aliphatic rings. The number of nitrogens with zero attached hydrogens (tertiary/aromatic N) is 2. The summed E-state index contributed by atoms with van der Waals surface area (Å²) in [6.45, 7) is 0.771. The standard InChI is InChI=1S/C13H14ClN3O/c14-8-12(18)17-7-3-6-11(17)13-15-9-4-1-2-5-10(9)16-13/h1-2,4-5,11H,3,6-8H2,(H,15,16). The summed E-state index contributed by atoms with van der Waals surface area (Å²) in [5, 5.41) is 0. The highest BCUT2D eigenvalue weighted by atomic mass is 35.5. The van der Waals surface area contributed by atoms with E-state index in [2.05, 4.69) is 9.97 Å². The fraction of sp³-hybridized carbons (Fsp3) is 0.385. The zero-order chi connectivity index (χ0) is 12.5. The van der Waals surface area contributed by atoms with Gasteiger partial charge in [-0.05, 0) is 25.0 Å². The summed E-state index contributed by atoms with van der Waals surface area (Å²) in [4.78, 5) is 21.5. The van der Waals surface area contributed by atoms with Gasteiger partial charge in [0, 0.05) is 6.54 Å². The molecule has 1 N–H and O–H groups in total. The number of carbonyl (C=O) groups excluding carboxylic acids is 1. The van der Waals surface area contributed by atoms with Crippen molar-refractivity contribution in [1.82, 2.24) is 14.9 Å². The van der Waals surface area contributed by atoms with Crippen molar-refractivity contribution in [2.24, 2.45) is 0 Å². The first kappa shape index (κ1) is 11.5. The van der Waals surface area contributed by atoms with E-state index in [4.69, 9.17) is 11.6 Å². The summed E-state index contributed by atoms with van der Waals surface area (Å²) in [5.74, 6) is 0.892. The molecule has 2 aromatic rings. The second kappa shape index (κ2) is 4.61. The van der Waals surface area contributed by atoms with Gasteiger partial charge in [-0.15, -0.1) is 11.6 Å². The van der Waals surface area contributed by atoms with Gasteiger partial charge in [-0.1, -0.05) is 12.1 Å². The molecule has 1 amide bonds. The van der Waals surface area contributed by atoms with Crippen molar-refractivity contribution in [3.8, 4) is 0 Å². The van der Waals surface area contributed by atoms with Crippen LogP contribution >= 0.6 is 11.6 Å². The number of amides is 1. The summed E-state index contributed by atoms with van der Waals surface area (Å²) in [6.07, 6.45) is 1.95. The third kappa shape index (κ3) is 1.86. The topological polar surface area (TPSA) is 49.0 Å². The quantitative estimate of drug-likeness (QED) is 0.846. The van der Waals surface area contributed by atoms with Crippen molar-refractivity contribution >= 4 is 28.5 Å². The van der Waals surface area contributed by atoms with Crippen LogP contribution in [-0.4, -0.2) is 33.2 Å². The van der Waals surface area contributed by atoms with E-state index in [1.165, 1.54) is 0 Å². The average molecular weight is 264 g/mol. The minimum Gasteiger partial charge on any atom is -0.340 e. The SMILES string of the molecule is O=C(CCl)N1CCCC1c1nc2ccccc2[nH]1. The molecule has 0 bridgehead atoms. The zero-order valence-electron chi connectivity index (χ0n) is 9.90. The Morgan fingerprint density at radius 2 is 2.33 bits per heavy atom. The summed E-state index contributed by atoms with van der Waals surface area (Å²) in [7, 11) is 0. The van der Waals surface area contributed by atoms with Crippen LogP contribution < -0.4 is 0 Å². The fourth-order valence-corrected chi connectivity index (χ4v) is 2.71. The maximum Gasteiger partial charge on any atom is 0.238 e. The van der Waals surface area contributed by atoms with Crippen molar-refractivity contribution in [1.29, 1.82) is 0 Å². The number of aromatic nitrogens is 2. The smallest absolute Gasteiger partial charge is 0.238 e. The van der Waals surface area contributed by atoms with E-state index in [0.29, 0.717) is 0 Å². The van der Waals surface area contributed by atoms with E-state index in [0.717, 1.165) is 36.2 Å². The van der Waals surface area contributed by atoms with Gasteiger partial charge in [0.15, 0.2) is 0 Å². The fourth-order valence-electron chi connectivity index (χ4n) is 2.56. The molecule has 1 fully saturated rings. The van der Waals surface area contributed by atoms with Crippen molar-refractivity contribution in [3.05, 3.63) is 30.1 Å². The van der Waals surface area contributed by atoms with Crippen LogP contribution in [0.25, 0.3) is 11.0 Å². The number of halogens is 1. The number of carbonyl (C=O) groups is 1. The first-order valence-electron chi connectivity index (χ1n) is 6.09. The number of benzene rings is 1. The molecular formula is C13H14ClN3O. The average Bonchev–Trinajstić information content (AvgIpc) is 3.03. The number of nitrogens with one attached hydrogen (secondary N) is 1. The highest BCUT2D eigenvalue weighted by Crippen LogP contribution is 2.31. The lowest BCUT2D eigenvalue weighted by molar-refractivity contribution is -0.129. The first-order chi connectivity index (χ1) is 8.79. The molecule has 1 aromatic carbocycles. The van der Waals surface area contributed by atoms with E-state index in [1.807, 2.05) is 29.2 Å². The third-order valence-corrected chi connectivity index (χ3v) is 3.64. The Bertz CT molecular complexity index is 547. The molecule has 5 heteroatoms. The molecule has 2 heterocycles. The molecule has 0 saturated carbocycles. The van der Waals surface area contributed by atoms with E-state index in [9.17, 15) is 4.79 Å². The van der Waals surface area contributed by atoms with Gasteiger partial charge in [-0.2, -0.15) is 0 Å². The van der Waals surface area contributed by atoms with Gasteiger partial charge in [0.2, 0.25) is 5.91 Å². The van der Waals surface area contributed by atoms with Crippen molar-refractivity contribution < 1.29 is 4.79 Å². The van der Waals surface area contributed by atoms with Crippen LogP contribution in [0.2, 0.25) is 0 Å². The number of fused-ring (bicyclic) bond motifs is 1. The molecule has 0 aliphatic carbocycles. The molecule has 0 radical (unpaired) electrons. The minimum atomic E-state index is -0.0142. The van der Waals surface area contributed by atoms with Gasteiger partial charge in [-0.3, -0.25) is 4.79 Å². The number of para-hydroxylation sites is 2. The van der Waals surface area contributed by atoms with Crippen LogP contribution in [0.1, 0.15) is 24.7 Å². The van der Waals surface area contributed by atoms with Crippen molar-refractivity contribution in [2.45, 2.75) is 18.9 Å². The summed E-state index contributed by atoms with van der Waals surface area (Å²) in [6, 6.07) is 7.94. The molecular weight excluding hydrogens is 250 g/mol. The number of hydrogen-bond acceptors (Lipinski definition) is 2. The molecule has 1 aromatic heterocycles. The van der Waals surface area contributed by atoms with Gasteiger partial charge in [-0.25, -0.2) is 4.98 Å². The Morgan fingerprint density at radius 3 is 3.11 bits per heavy atom. The Balaban J connectivity index is 1.95. The molecule has 94 valence electrons. The summed E-state index contributed by atoms with van der Waals surface area (Å²) in [5.41, 5.74) is 1.95. The first-order valence-corrected chi connectivity index (χ1v) is 6.63. The second-order valence-electron chi connectivity index (χ2n) is 4.52. The molecule has 1 unspecified atom stereocenters. The van der Waals surface area contributed by atoms with Crippen molar-refractivity contribution in [3.63, 3.8) is 0 Å². The van der Waals surface area contributed by atoms with Crippen LogP contribution in [0.4, 0.5) is 0 Å². The monoisotopic (exact) mass is 263 g/mol. The second-order valence-corrected chi connectivity index (χ2v) is 4.79. The highest BCUT2D eigenvalue weighted by molar-refractivity contribution is 6.27. The lowest BCUT2D eigenvalue weighted by Gasteiger charge is -2.21. The van der Waals surface area contributed by atoms with Gasteiger partial charge in [0.1, 0.15) is 11.7 Å². The van der Waals surface area contributed by atoms with E-state index >= 15 is 0 Å². The number of aromatic amines is 1. The molecule has 1 saturated heterocycles. The van der Waals surface area contributed by atoms with Crippen LogP contribution in [0.5, 0.6) is 0 Å². The van der Waals surface area contributed by atoms with Gasteiger partial charge < -0.3 is 9.88 Å². The van der Waals surface area contributed by atoms with Gasteiger partial charge >= 0.3 is 0 Å². The minimum absolute atomic E-state index is 0.0142. The number of H-pyrrole nitrogens is 1. The lowest BCUT2D eigenvalue weighted by atomic mass is 10.2.